The molecule has 3 rings (SSSR count). The lowest BCUT2D eigenvalue weighted by atomic mass is 10.1. The molecule has 29 heavy (non-hydrogen) atoms. The zero-order chi connectivity index (χ0) is 21.0. The Labute approximate surface area is 175 Å². The first-order chi connectivity index (χ1) is 13.7. The summed E-state index contributed by atoms with van der Waals surface area (Å²) in [6, 6.07) is 11.1. The van der Waals surface area contributed by atoms with Gasteiger partial charge in [-0.2, -0.15) is 0 Å². The number of hydrogen-bond acceptors (Lipinski definition) is 5. The number of carbonyl (C=O) groups excluding carboxylic acids is 2. The van der Waals surface area contributed by atoms with E-state index < -0.39 is 12.0 Å². The Morgan fingerprint density at radius 3 is 2.69 bits per heavy atom. The van der Waals surface area contributed by atoms with E-state index in [0.29, 0.717) is 17.7 Å². The van der Waals surface area contributed by atoms with Crippen LogP contribution in [0.25, 0.3) is 0 Å². The maximum Gasteiger partial charge on any atom is 0.407 e. The SMILES string of the molecule is CC(C)(C)NC(=O)OCCc1cc(C(N)=O)ccc1Oc1ccc2c(c1)CCS2. The van der Waals surface area contributed by atoms with Crippen LogP contribution in [0.1, 0.15) is 42.3 Å². The molecule has 1 aliphatic heterocycles. The second-order valence-corrected chi connectivity index (χ2v) is 9.05. The number of carbonyl (C=O) groups is 2. The van der Waals surface area contributed by atoms with Crippen LogP contribution >= 0.6 is 11.8 Å². The Balaban J connectivity index is 1.73. The number of nitrogens with two attached hydrogens (primary N) is 1. The van der Waals surface area contributed by atoms with E-state index >= 15 is 0 Å². The van der Waals surface area contributed by atoms with Crippen molar-refractivity contribution in [2.75, 3.05) is 12.4 Å². The third-order valence-corrected chi connectivity index (χ3v) is 5.43. The van der Waals surface area contributed by atoms with Crippen molar-refractivity contribution in [2.24, 2.45) is 5.73 Å². The van der Waals surface area contributed by atoms with Gasteiger partial charge in [-0.25, -0.2) is 4.79 Å². The van der Waals surface area contributed by atoms with Crippen LogP contribution in [-0.2, 0) is 17.6 Å². The molecule has 6 nitrogen and oxygen atoms in total. The summed E-state index contributed by atoms with van der Waals surface area (Å²) in [6.45, 7) is 5.80. The fraction of sp³-hybridized carbons (Fsp3) is 0.364. The summed E-state index contributed by atoms with van der Waals surface area (Å²) in [5.41, 5.74) is 7.46. The van der Waals surface area contributed by atoms with Gasteiger partial charge in [-0.15, -0.1) is 11.8 Å². The molecule has 0 saturated carbocycles. The number of thioether (sulfide) groups is 1. The Bertz CT molecular complexity index is 922. The lowest BCUT2D eigenvalue weighted by Crippen LogP contribution is -2.41. The molecule has 0 radical (unpaired) electrons. The Hall–Kier alpha value is -2.67. The summed E-state index contributed by atoms with van der Waals surface area (Å²) < 4.78 is 11.4. The van der Waals surface area contributed by atoms with Gasteiger partial charge in [-0.1, -0.05) is 0 Å². The van der Waals surface area contributed by atoms with Crippen LogP contribution in [-0.4, -0.2) is 29.9 Å². The van der Waals surface area contributed by atoms with Crippen LogP contribution in [0.15, 0.2) is 41.3 Å². The third kappa shape index (κ3) is 5.90. The number of ether oxygens (including phenoxy) is 2. The van der Waals surface area contributed by atoms with E-state index in [0.717, 1.165) is 23.5 Å². The van der Waals surface area contributed by atoms with E-state index in [2.05, 4.69) is 11.4 Å². The highest BCUT2D eigenvalue weighted by atomic mass is 32.2. The van der Waals surface area contributed by atoms with Crippen molar-refractivity contribution < 1.29 is 19.1 Å². The second-order valence-electron chi connectivity index (χ2n) is 7.92. The molecule has 0 aromatic heterocycles. The molecule has 2 amide bonds. The van der Waals surface area contributed by atoms with Gasteiger partial charge < -0.3 is 20.5 Å². The summed E-state index contributed by atoms with van der Waals surface area (Å²) in [5, 5.41) is 2.74. The molecular formula is C22H26N2O4S. The fourth-order valence-electron chi connectivity index (χ4n) is 2.98. The van der Waals surface area contributed by atoms with Crippen LogP contribution in [0.2, 0.25) is 0 Å². The number of nitrogens with one attached hydrogen (secondary N) is 1. The summed E-state index contributed by atoms with van der Waals surface area (Å²) >= 11 is 1.85. The van der Waals surface area contributed by atoms with Gasteiger partial charge in [0, 0.05) is 28.2 Å². The molecule has 0 bridgehead atoms. The molecule has 0 spiro atoms. The predicted octanol–water partition coefficient (Wildman–Crippen LogP) is 4.29. The number of hydrogen-bond donors (Lipinski definition) is 2. The minimum atomic E-state index is -0.515. The van der Waals surface area contributed by atoms with Gasteiger partial charge in [0.2, 0.25) is 5.91 Å². The number of aryl methyl sites for hydroxylation is 1. The first-order valence-electron chi connectivity index (χ1n) is 9.52. The molecule has 154 valence electrons. The van der Waals surface area contributed by atoms with Crippen molar-refractivity contribution in [3.05, 3.63) is 53.1 Å². The van der Waals surface area contributed by atoms with Gasteiger partial charge in [0.05, 0.1) is 6.61 Å². The van der Waals surface area contributed by atoms with E-state index in [1.54, 1.807) is 18.2 Å². The standard InChI is InChI=1S/C22H26N2O4S/c1-22(2,3)24-21(26)27-10-8-14-12-16(20(23)25)4-6-18(14)28-17-5-7-19-15(13-17)9-11-29-19/h4-7,12-13H,8-11H2,1-3H3,(H2,23,25)(H,24,26). The highest BCUT2D eigenvalue weighted by molar-refractivity contribution is 7.99. The number of benzene rings is 2. The topological polar surface area (TPSA) is 90.6 Å². The summed E-state index contributed by atoms with van der Waals surface area (Å²) in [7, 11) is 0. The molecular weight excluding hydrogens is 388 g/mol. The summed E-state index contributed by atoms with van der Waals surface area (Å²) in [4.78, 5) is 24.7. The number of rotatable bonds is 6. The van der Waals surface area contributed by atoms with Crippen molar-refractivity contribution in [1.29, 1.82) is 0 Å². The lowest BCUT2D eigenvalue weighted by molar-refractivity contribution is 0.0999. The maximum absolute atomic E-state index is 11.9. The second kappa shape index (κ2) is 8.78. The smallest absolute Gasteiger partial charge is 0.407 e. The predicted molar refractivity (Wildman–Crippen MR) is 114 cm³/mol. The average Bonchev–Trinajstić information content (AvgIpc) is 3.09. The van der Waals surface area contributed by atoms with Crippen LogP contribution in [0.3, 0.4) is 0 Å². The van der Waals surface area contributed by atoms with E-state index in [1.807, 2.05) is 44.7 Å². The van der Waals surface area contributed by atoms with Gasteiger partial charge in [0.15, 0.2) is 0 Å². The largest absolute Gasteiger partial charge is 0.457 e. The van der Waals surface area contributed by atoms with Crippen molar-refractivity contribution in [1.82, 2.24) is 5.32 Å². The molecule has 1 aliphatic rings. The normalized spacial score (nSPS) is 12.9. The number of primary amides is 1. The van der Waals surface area contributed by atoms with Crippen molar-refractivity contribution in [3.8, 4) is 11.5 Å². The van der Waals surface area contributed by atoms with Crippen molar-refractivity contribution in [3.63, 3.8) is 0 Å². The van der Waals surface area contributed by atoms with E-state index in [-0.39, 0.29) is 12.1 Å². The van der Waals surface area contributed by atoms with Gasteiger partial charge in [0.1, 0.15) is 11.5 Å². The Morgan fingerprint density at radius 1 is 1.17 bits per heavy atom. The summed E-state index contributed by atoms with van der Waals surface area (Å²) in [6.07, 6.45) is 0.943. The highest BCUT2D eigenvalue weighted by Gasteiger charge is 2.16. The molecule has 3 N–H and O–H groups in total. The molecule has 0 aliphatic carbocycles. The first-order valence-corrected chi connectivity index (χ1v) is 10.5. The molecule has 7 heteroatoms. The Kier molecular flexibility index (Phi) is 6.37. The van der Waals surface area contributed by atoms with Crippen LogP contribution in [0.5, 0.6) is 11.5 Å². The van der Waals surface area contributed by atoms with Gasteiger partial charge in [-0.05, 0) is 74.7 Å². The minimum Gasteiger partial charge on any atom is -0.457 e. The number of amides is 2. The monoisotopic (exact) mass is 414 g/mol. The molecule has 0 unspecified atom stereocenters. The van der Waals surface area contributed by atoms with Gasteiger partial charge in [0.25, 0.3) is 0 Å². The van der Waals surface area contributed by atoms with Gasteiger partial charge in [-0.3, -0.25) is 4.79 Å². The van der Waals surface area contributed by atoms with Crippen LogP contribution < -0.4 is 15.8 Å². The molecule has 0 fully saturated rings. The minimum absolute atomic E-state index is 0.154. The lowest BCUT2D eigenvalue weighted by Gasteiger charge is -2.20. The quantitative estimate of drug-likeness (QED) is 0.736. The molecule has 0 saturated heterocycles. The Morgan fingerprint density at radius 2 is 1.97 bits per heavy atom. The maximum atomic E-state index is 11.9. The number of fused-ring (bicyclic) bond motifs is 1. The first kappa shape index (κ1) is 21.0. The fourth-order valence-corrected chi connectivity index (χ4v) is 4.03. The van der Waals surface area contributed by atoms with Crippen molar-refractivity contribution in [2.45, 2.75) is 44.0 Å². The van der Waals surface area contributed by atoms with E-state index in [9.17, 15) is 9.59 Å². The zero-order valence-electron chi connectivity index (χ0n) is 16.9. The van der Waals surface area contributed by atoms with Crippen LogP contribution in [0.4, 0.5) is 4.79 Å². The molecule has 2 aromatic carbocycles. The van der Waals surface area contributed by atoms with Crippen LogP contribution in [0, 0.1) is 0 Å². The van der Waals surface area contributed by atoms with Gasteiger partial charge >= 0.3 is 6.09 Å². The average molecular weight is 415 g/mol. The summed E-state index contributed by atoms with van der Waals surface area (Å²) in [5.74, 6) is 1.93. The van der Waals surface area contributed by atoms with Crippen molar-refractivity contribution >= 4 is 23.8 Å². The van der Waals surface area contributed by atoms with E-state index in [4.69, 9.17) is 15.2 Å². The highest BCUT2D eigenvalue weighted by Crippen LogP contribution is 2.35. The molecule has 2 aromatic rings. The third-order valence-electron chi connectivity index (χ3n) is 4.32. The number of alkyl carbamates (subject to hydrolysis) is 1. The zero-order valence-corrected chi connectivity index (χ0v) is 17.7. The molecule has 1 heterocycles. The molecule has 0 atom stereocenters. The van der Waals surface area contributed by atoms with E-state index in [1.165, 1.54) is 10.5 Å².